The summed E-state index contributed by atoms with van der Waals surface area (Å²) in [6, 6.07) is 11.0. The van der Waals surface area contributed by atoms with Crippen molar-refractivity contribution < 1.29 is 0 Å². The van der Waals surface area contributed by atoms with Gasteiger partial charge in [0, 0.05) is 13.1 Å². The average Bonchev–Trinajstić information content (AvgIpc) is 2.69. The molecular weight excluding hydrogens is 224 g/mol. The van der Waals surface area contributed by atoms with E-state index in [1.165, 1.54) is 5.56 Å². The van der Waals surface area contributed by atoms with Gasteiger partial charge in [-0.15, -0.1) is 0 Å². The standard InChI is InChI=1S/C14H22N4/c1-17(2)8-9-18-13(11-16-14(18)15)10-12-6-4-3-5-7-12/h3-7,13H,8-11H2,1-2H3,(H2,15,16). The van der Waals surface area contributed by atoms with E-state index in [0.717, 1.165) is 26.1 Å². The molecule has 1 unspecified atom stereocenters. The highest BCUT2D eigenvalue weighted by atomic mass is 15.3. The maximum atomic E-state index is 5.97. The van der Waals surface area contributed by atoms with Crippen LogP contribution in [0.25, 0.3) is 0 Å². The summed E-state index contributed by atoms with van der Waals surface area (Å²) in [5.41, 5.74) is 7.32. The molecule has 1 aliphatic rings. The molecule has 0 amide bonds. The number of benzene rings is 1. The lowest BCUT2D eigenvalue weighted by atomic mass is 10.1. The Bertz CT molecular complexity index is 400. The van der Waals surface area contributed by atoms with Gasteiger partial charge in [0.15, 0.2) is 5.96 Å². The lowest BCUT2D eigenvalue weighted by molar-refractivity contribution is 0.289. The monoisotopic (exact) mass is 246 g/mol. The second-order valence-electron chi connectivity index (χ2n) is 5.04. The van der Waals surface area contributed by atoms with Gasteiger partial charge in [-0.1, -0.05) is 30.3 Å². The minimum Gasteiger partial charge on any atom is -0.370 e. The van der Waals surface area contributed by atoms with Gasteiger partial charge in [0.1, 0.15) is 0 Å². The van der Waals surface area contributed by atoms with Gasteiger partial charge < -0.3 is 15.5 Å². The van der Waals surface area contributed by atoms with Crippen molar-refractivity contribution in [1.29, 1.82) is 0 Å². The van der Waals surface area contributed by atoms with Gasteiger partial charge in [-0.25, -0.2) is 0 Å². The first kappa shape index (κ1) is 12.9. The highest BCUT2D eigenvalue weighted by Crippen LogP contribution is 2.14. The zero-order valence-corrected chi connectivity index (χ0v) is 11.2. The third-order valence-electron chi connectivity index (χ3n) is 3.30. The maximum Gasteiger partial charge on any atom is 0.191 e. The Morgan fingerprint density at radius 3 is 2.72 bits per heavy atom. The van der Waals surface area contributed by atoms with E-state index in [1.54, 1.807) is 0 Å². The topological polar surface area (TPSA) is 44.9 Å². The Morgan fingerprint density at radius 1 is 1.33 bits per heavy atom. The van der Waals surface area contributed by atoms with Gasteiger partial charge in [0.05, 0.1) is 12.6 Å². The number of guanidine groups is 1. The molecule has 0 aromatic heterocycles. The van der Waals surface area contributed by atoms with Crippen molar-refractivity contribution in [3.63, 3.8) is 0 Å². The first-order chi connectivity index (χ1) is 8.66. The number of hydrogen-bond acceptors (Lipinski definition) is 4. The molecule has 2 rings (SSSR count). The molecule has 1 aliphatic heterocycles. The summed E-state index contributed by atoms with van der Waals surface area (Å²) in [5.74, 6) is 0.692. The first-order valence-corrected chi connectivity index (χ1v) is 6.42. The molecule has 1 aromatic rings. The van der Waals surface area contributed by atoms with Crippen LogP contribution >= 0.6 is 0 Å². The Kier molecular flexibility index (Phi) is 4.20. The first-order valence-electron chi connectivity index (χ1n) is 6.42. The summed E-state index contributed by atoms with van der Waals surface area (Å²) >= 11 is 0. The van der Waals surface area contributed by atoms with Gasteiger partial charge >= 0.3 is 0 Å². The average molecular weight is 246 g/mol. The zero-order chi connectivity index (χ0) is 13.0. The van der Waals surface area contributed by atoms with Crippen LogP contribution in [-0.2, 0) is 6.42 Å². The van der Waals surface area contributed by atoms with E-state index >= 15 is 0 Å². The maximum absolute atomic E-state index is 5.97. The van der Waals surface area contributed by atoms with E-state index in [1.807, 2.05) is 6.07 Å². The van der Waals surface area contributed by atoms with Crippen molar-refractivity contribution in [3.8, 4) is 0 Å². The van der Waals surface area contributed by atoms with Crippen LogP contribution < -0.4 is 5.73 Å². The van der Waals surface area contributed by atoms with Crippen molar-refractivity contribution in [3.05, 3.63) is 35.9 Å². The fourth-order valence-electron chi connectivity index (χ4n) is 2.24. The van der Waals surface area contributed by atoms with Crippen LogP contribution in [-0.4, -0.2) is 55.5 Å². The van der Waals surface area contributed by atoms with E-state index in [-0.39, 0.29) is 0 Å². The van der Waals surface area contributed by atoms with Crippen LogP contribution in [0.15, 0.2) is 35.3 Å². The highest BCUT2D eigenvalue weighted by molar-refractivity contribution is 5.80. The van der Waals surface area contributed by atoms with Crippen molar-refractivity contribution in [2.75, 3.05) is 33.7 Å². The molecule has 0 bridgehead atoms. The largest absolute Gasteiger partial charge is 0.370 e. The molecule has 0 saturated carbocycles. The molecule has 1 heterocycles. The smallest absolute Gasteiger partial charge is 0.191 e. The predicted molar refractivity (Wildman–Crippen MR) is 75.7 cm³/mol. The summed E-state index contributed by atoms with van der Waals surface area (Å²) in [6.07, 6.45) is 1.01. The van der Waals surface area contributed by atoms with E-state index in [2.05, 4.69) is 53.2 Å². The number of nitrogens with two attached hydrogens (primary N) is 1. The fourth-order valence-corrected chi connectivity index (χ4v) is 2.24. The quantitative estimate of drug-likeness (QED) is 0.835. The number of aliphatic imine (C=N–C) groups is 1. The van der Waals surface area contributed by atoms with E-state index in [9.17, 15) is 0 Å². The molecule has 0 aliphatic carbocycles. The molecule has 0 spiro atoms. The fraction of sp³-hybridized carbons (Fsp3) is 0.500. The summed E-state index contributed by atoms with van der Waals surface area (Å²) in [7, 11) is 4.16. The van der Waals surface area contributed by atoms with Crippen LogP contribution in [0, 0.1) is 0 Å². The van der Waals surface area contributed by atoms with Crippen LogP contribution in [0.4, 0.5) is 0 Å². The Labute approximate surface area is 109 Å². The Balaban J connectivity index is 1.96. The van der Waals surface area contributed by atoms with E-state index in [0.29, 0.717) is 12.0 Å². The molecule has 1 aromatic carbocycles. The minimum absolute atomic E-state index is 0.410. The van der Waals surface area contributed by atoms with Crippen LogP contribution in [0.3, 0.4) is 0 Å². The van der Waals surface area contributed by atoms with Crippen LogP contribution in [0.5, 0.6) is 0 Å². The number of likely N-dealkylation sites (N-methyl/N-ethyl adjacent to an activating group) is 1. The molecule has 0 saturated heterocycles. The third kappa shape index (κ3) is 3.23. The summed E-state index contributed by atoms with van der Waals surface area (Å²) in [5, 5.41) is 0. The lowest BCUT2D eigenvalue weighted by Gasteiger charge is -2.27. The molecule has 2 N–H and O–H groups in total. The molecule has 4 nitrogen and oxygen atoms in total. The number of rotatable bonds is 5. The van der Waals surface area contributed by atoms with Crippen molar-refractivity contribution in [2.24, 2.45) is 10.7 Å². The van der Waals surface area contributed by atoms with Gasteiger partial charge in [0.25, 0.3) is 0 Å². The SMILES string of the molecule is CN(C)CCN1C(N)=NCC1Cc1ccccc1. The van der Waals surface area contributed by atoms with Gasteiger partial charge in [0.2, 0.25) is 0 Å². The Hall–Kier alpha value is -1.55. The second-order valence-corrected chi connectivity index (χ2v) is 5.04. The number of hydrogen-bond donors (Lipinski definition) is 1. The molecule has 0 radical (unpaired) electrons. The summed E-state index contributed by atoms with van der Waals surface area (Å²) in [6.45, 7) is 2.76. The van der Waals surface area contributed by atoms with Gasteiger partial charge in [-0.2, -0.15) is 0 Å². The van der Waals surface area contributed by atoms with Gasteiger partial charge in [-0.3, -0.25) is 4.99 Å². The minimum atomic E-state index is 0.410. The lowest BCUT2D eigenvalue weighted by Crippen LogP contribution is -2.45. The molecular formula is C14H22N4. The normalized spacial score (nSPS) is 19.4. The zero-order valence-electron chi connectivity index (χ0n) is 11.2. The summed E-state index contributed by atoms with van der Waals surface area (Å²) in [4.78, 5) is 8.78. The van der Waals surface area contributed by atoms with Crippen LogP contribution in [0.2, 0.25) is 0 Å². The predicted octanol–water partition coefficient (Wildman–Crippen LogP) is 0.790. The second kappa shape index (κ2) is 5.87. The van der Waals surface area contributed by atoms with E-state index in [4.69, 9.17) is 5.73 Å². The summed E-state index contributed by atoms with van der Waals surface area (Å²) < 4.78 is 0. The van der Waals surface area contributed by atoms with Crippen LogP contribution in [0.1, 0.15) is 5.56 Å². The molecule has 98 valence electrons. The van der Waals surface area contributed by atoms with E-state index < -0.39 is 0 Å². The van der Waals surface area contributed by atoms with Crippen molar-refractivity contribution in [2.45, 2.75) is 12.5 Å². The third-order valence-corrected chi connectivity index (χ3v) is 3.30. The Morgan fingerprint density at radius 2 is 2.06 bits per heavy atom. The van der Waals surface area contributed by atoms with Crippen molar-refractivity contribution in [1.82, 2.24) is 9.80 Å². The molecule has 4 heteroatoms. The molecule has 0 fully saturated rings. The van der Waals surface area contributed by atoms with Gasteiger partial charge in [-0.05, 0) is 26.1 Å². The molecule has 1 atom stereocenters. The highest BCUT2D eigenvalue weighted by Gasteiger charge is 2.25. The van der Waals surface area contributed by atoms with Crippen molar-refractivity contribution >= 4 is 5.96 Å². The number of nitrogens with zero attached hydrogens (tertiary/aromatic N) is 3. The molecule has 18 heavy (non-hydrogen) atoms.